The van der Waals surface area contributed by atoms with Gasteiger partial charge in [-0.25, -0.2) is 0 Å². The smallest absolute Gasteiger partial charge is 0.303 e. The van der Waals surface area contributed by atoms with Gasteiger partial charge in [0.05, 0.1) is 6.10 Å². The molecule has 1 aliphatic rings. The predicted octanol–water partition coefficient (Wildman–Crippen LogP) is 3.77. The average Bonchev–Trinajstić information content (AvgIpc) is 3.15. The number of carboxylic acid groups (broad SMARTS) is 1. The van der Waals surface area contributed by atoms with Crippen LogP contribution in [0.25, 0.3) is 0 Å². The van der Waals surface area contributed by atoms with E-state index in [4.69, 9.17) is 9.52 Å². The standard InChI is InChI=1S/C20H28O5/c1-14-8-13-19(25-14)18(22)12-10-15-9-11-17(21)16(15)6-4-2-3-5-7-20(23)24/h2,4,8,10,12-13,15-18,21-22H,3,5-7,9,11H2,1H3,(H,23,24). The molecule has 0 aliphatic heterocycles. The fourth-order valence-corrected chi connectivity index (χ4v) is 3.35. The van der Waals surface area contributed by atoms with Gasteiger partial charge < -0.3 is 19.7 Å². The molecule has 4 atom stereocenters. The van der Waals surface area contributed by atoms with Crippen molar-refractivity contribution in [2.75, 3.05) is 0 Å². The average molecular weight is 348 g/mol. The number of hydrogen-bond donors (Lipinski definition) is 3. The number of allylic oxidation sites excluding steroid dienone is 3. The van der Waals surface area contributed by atoms with Gasteiger partial charge in [-0.2, -0.15) is 0 Å². The van der Waals surface area contributed by atoms with Gasteiger partial charge in [0.1, 0.15) is 17.6 Å². The normalized spacial score (nSPS) is 25.2. The molecule has 1 heterocycles. The van der Waals surface area contributed by atoms with Crippen LogP contribution >= 0.6 is 0 Å². The van der Waals surface area contributed by atoms with Crippen molar-refractivity contribution in [1.82, 2.24) is 0 Å². The van der Waals surface area contributed by atoms with Crippen molar-refractivity contribution < 1.29 is 24.5 Å². The van der Waals surface area contributed by atoms with Crippen molar-refractivity contribution in [2.24, 2.45) is 11.8 Å². The Morgan fingerprint density at radius 1 is 1.36 bits per heavy atom. The van der Waals surface area contributed by atoms with Gasteiger partial charge in [0.15, 0.2) is 0 Å². The minimum absolute atomic E-state index is 0.137. The zero-order valence-corrected chi connectivity index (χ0v) is 14.7. The highest BCUT2D eigenvalue weighted by Gasteiger charge is 2.32. The summed E-state index contributed by atoms with van der Waals surface area (Å²) < 4.78 is 5.42. The molecule has 138 valence electrons. The van der Waals surface area contributed by atoms with Gasteiger partial charge in [-0.05, 0) is 63.0 Å². The van der Waals surface area contributed by atoms with E-state index in [9.17, 15) is 15.0 Å². The van der Waals surface area contributed by atoms with E-state index < -0.39 is 12.1 Å². The molecule has 5 heteroatoms. The third-order valence-electron chi connectivity index (χ3n) is 4.77. The minimum atomic E-state index is -0.768. The second-order valence-electron chi connectivity index (χ2n) is 6.74. The molecule has 0 amide bonds. The number of furan rings is 1. The van der Waals surface area contributed by atoms with Crippen molar-refractivity contribution in [3.8, 4) is 0 Å². The van der Waals surface area contributed by atoms with Gasteiger partial charge in [-0.3, -0.25) is 4.79 Å². The van der Waals surface area contributed by atoms with Gasteiger partial charge >= 0.3 is 5.97 Å². The fraction of sp³-hybridized carbons (Fsp3) is 0.550. The second kappa shape index (κ2) is 9.59. The lowest BCUT2D eigenvalue weighted by molar-refractivity contribution is -0.137. The van der Waals surface area contributed by atoms with E-state index in [0.29, 0.717) is 12.2 Å². The summed E-state index contributed by atoms with van der Waals surface area (Å²) in [6.07, 6.45) is 10.7. The zero-order chi connectivity index (χ0) is 18.2. The molecule has 1 aromatic rings. The molecule has 1 aromatic heterocycles. The van der Waals surface area contributed by atoms with Crippen LogP contribution in [-0.4, -0.2) is 27.4 Å². The highest BCUT2D eigenvalue weighted by molar-refractivity contribution is 5.66. The van der Waals surface area contributed by atoms with E-state index in [-0.39, 0.29) is 24.4 Å². The van der Waals surface area contributed by atoms with Gasteiger partial charge in [0.25, 0.3) is 0 Å². The summed E-state index contributed by atoms with van der Waals surface area (Å²) in [4.78, 5) is 10.5. The number of aliphatic carboxylic acids is 1. The Labute approximate surface area is 148 Å². The van der Waals surface area contributed by atoms with E-state index in [2.05, 4.69) is 0 Å². The summed E-state index contributed by atoms with van der Waals surface area (Å²) in [6, 6.07) is 3.59. The lowest BCUT2D eigenvalue weighted by atomic mass is 9.90. The summed E-state index contributed by atoms with van der Waals surface area (Å²) in [6.45, 7) is 1.84. The van der Waals surface area contributed by atoms with E-state index in [1.54, 1.807) is 12.1 Å². The maximum Gasteiger partial charge on any atom is 0.303 e. The number of carbonyl (C=O) groups is 1. The van der Waals surface area contributed by atoms with E-state index in [0.717, 1.165) is 31.4 Å². The molecule has 25 heavy (non-hydrogen) atoms. The second-order valence-corrected chi connectivity index (χ2v) is 6.74. The molecule has 5 nitrogen and oxygen atoms in total. The largest absolute Gasteiger partial charge is 0.481 e. The van der Waals surface area contributed by atoms with E-state index >= 15 is 0 Å². The van der Waals surface area contributed by atoms with Crippen LogP contribution in [0.2, 0.25) is 0 Å². The van der Waals surface area contributed by atoms with Crippen molar-refractivity contribution in [1.29, 1.82) is 0 Å². The van der Waals surface area contributed by atoms with Crippen molar-refractivity contribution >= 4 is 5.97 Å². The summed E-state index contributed by atoms with van der Waals surface area (Å²) in [7, 11) is 0. The highest BCUT2D eigenvalue weighted by atomic mass is 16.4. The van der Waals surface area contributed by atoms with E-state index in [1.807, 2.05) is 31.2 Å². The maximum absolute atomic E-state index is 10.5. The fourth-order valence-electron chi connectivity index (χ4n) is 3.35. The molecular weight excluding hydrogens is 320 g/mol. The Balaban J connectivity index is 1.83. The summed E-state index contributed by atoms with van der Waals surface area (Å²) in [5.41, 5.74) is 0. The first-order valence-electron chi connectivity index (χ1n) is 8.95. The first kappa shape index (κ1) is 19.5. The van der Waals surface area contributed by atoms with Gasteiger partial charge in [0, 0.05) is 6.42 Å². The number of aryl methyl sites for hydroxylation is 1. The number of aliphatic hydroxyl groups is 2. The first-order valence-corrected chi connectivity index (χ1v) is 8.95. The number of hydrogen-bond acceptors (Lipinski definition) is 4. The molecule has 3 N–H and O–H groups in total. The maximum atomic E-state index is 10.5. The van der Waals surface area contributed by atoms with Crippen LogP contribution in [0, 0.1) is 18.8 Å². The van der Waals surface area contributed by atoms with Crippen LogP contribution in [0.5, 0.6) is 0 Å². The van der Waals surface area contributed by atoms with Crippen LogP contribution in [-0.2, 0) is 4.79 Å². The molecule has 0 bridgehead atoms. The molecule has 0 saturated heterocycles. The lowest BCUT2D eigenvalue weighted by Crippen LogP contribution is -2.17. The van der Waals surface area contributed by atoms with Crippen LogP contribution in [0.4, 0.5) is 0 Å². The third kappa shape index (κ3) is 6.18. The first-order chi connectivity index (χ1) is 12.0. The molecule has 1 saturated carbocycles. The topological polar surface area (TPSA) is 90.9 Å². The van der Waals surface area contributed by atoms with E-state index in [1.165, 1.54) is 0 Å². The molecule has 0 radical (unpaired) electrons. The Hall–Kier alpha value is -1.85. The summed E-state index contributed by atoms with van der Waals surface area (Å²) in [5.74, 6) is 0.892. The predicted molar refractivity (Wildman–Crippen MR) is 95.0 cm³/mol. The Bertz CT molecular complexity index is 601. The molecule has 4 unspecified atom stereocenters. The number of unbranched alkanes of at least 4 members (excludes halogenated alkanes) is 1. The van der Waals surface area contributed by atoms with Crippen molar-refractivity contribution in [3.63, 3.8) is 0 Å². The quantitative estimate of drug-likeness (QED) is 0.467. The van der Waals surface area contributed by atoms with Crippen LogP contribution in [0.1, 0.15) is 56.1 Å². The number of aliphatic hydroxyl groups excluding tert-OH is 2. The summed E-state index contributed by atoms with van der Waals surface area (Å²) in [5, 5.41) is 29.0. The van der Waals surface area contributed by atoms with Crippen LogP contribution in [0.3, 0.4) is 0 Å². The molecular formula is C20H28O5. The monoisotopic (exact) mass is 348 g/mol. The van der Waals surface area contributed by atoms with Crippen molar-refractivity contribution in [2.45, 2.75) is 57.7 Å². The molecule has 2 rings (SSSR count). The molecule has 0 aromatic carbocycles. The van der Waals surface area contributed by atoms with Gasteiger partial charge in [-0.15, -0.1) is 0 Å². The van der Waals surface area contributed by atoms with Crippen LogP contribution < -0.4 is 0 Å². The Kier molecular flexibility index (Phi) is 7.47. The number of rotatable bonds is 9. The van der Waals surface area contributed by atoms with Crippen molar-refractivity contribution in [3.05, 3.63) is 48.0 Å². The molecule has 1 fully saturated rings. The highest BCUT2D eigenvalue weighted by Crippen LogP contribution is 2.36. The lowest BCUT2D eigenvalue weighted by Gasteiger charge is -2.18. The minimum Gasteiger partial charge on any atom is -0.481 e. The zero-order valence-electron chi connectivity index (χ0n) is 14.7. The van der Waals surface area contributed by atoms with Crippen LogP contribution in [0.15, 0.2) is 40.9 Å². The van der Waals surface area contributed by atoms with Gasteiger partial charge in [0.2, 0.25) is 0 Å². The SMILES string of the molecule is Cc1ccc(C(O)C=CC2CCC(O)C2CC=CCCCC(=O)O)o1. The summed E-state index contributed by atoms with van der Waals surface area (Å²) >= 11 is 0. The Morgan fingerprint density at radius 3 is 2.84 bits per heavy atom. The third-order valence-corrected chi connectivity index (χ3v) is 4.77. The molecule has 0 spiro atoms. The van der Waals surface area contributed by atoms with Gasteiger partial charge in [-0.1, -0.05) is 24.3 Å². The Morgan fingerprint density at radius 2 is 2.16 bits per heavy atom. The molecule has 1 aliphatic carbocycles. The number of carboxylic acids is 1.